The molecule has 0 aliphatic rings. The predicted octanol–water partition coefficient (Wildman–Crippen LogP) is 3.87. The zero-order chi connectivity index (χ0) is 13.8. The standard InChI is InChI=1S/C16H14N2OS/c19-16(9-8-12-4-3-11-20-12)18-15-7-1-6-14-13(15)5-2-10-17-14/h1-7,10-11H,8-9H2,(H,18,19). The number of amides is 1. The van der Waals surface area contributed by atoms with Gasteiger partial charge in [-0.1, -0.05) is 12.1 Å². The summed E-state index contributed by atoms with van der Waals surface area (Å²) in [6.45, 7) is 0. The van der Waals surface area contributed by atoms with E-state index >= 15 is 0 Å². The summed E-state index contributed by atoms with van der Waals surface area (Å²) in [5, 5.41) is 5.98. The average Bonchev–Trinajstić information content (AvgIpc) is 2.99. The van der Waals surface area contributed by atoms with Crippen LogP contribution in [0.3, 0.4) is 0 Å². The monoisotopic (exact) mass is 282 g/mol. The molecule has 1 aromatic carbocycles. The number of fused-ring (bicyclic) bond motifs is 1. The summed E-state index contributed by atoms with van der Waals surface area (Å²) < 4.78 is 0. The Hall–Kier alpha value is -2.20. The number of carbonyl (C=O) groups is 1. The van der Waals surface area contributed by atoms with Crippen molar-refractivity contribution < 1.29 is 4.79 Å². The number of benzene rings is 1. The Morgan fingerprint density at radius 3 is 2.95 bits per heavy atom. The molecule has 100 valence electrons. The lowest BCUT2D eigenvalue weighted by atomic mass is 10.1. The van der Waals surface area contributed by atoms with E-state index < -0.39 is 0 Å². The van der Waals surface area contributed by atoms with Crippen molar-refractivity contribution in [1.82, 2.24) is 4.98 Å². The van der Waals surface area contributed by atoms with Crippen LogP contribution in [0.5, 0.6) is 0 Å². The van der Waals surface area contributed by atoms with Crippen molar-refractivity contribution in [3.05, 3.63) is 58.9 Å². The van der Waals surface area contributed by atoms with E-state index in [4.69, 9.17) is 0 Å². The third-order valence-electron chi connectivity index (χ3n) is 3.10. The van der Waals surface area contributed by atoms with Crippen LogP contribution in [-0.4, -0.2) is 10.9 Å². The van der Waals surface area contributed by atoms with Crippen LogP contribution >= 0.6 is 11.3 Å². The number of anilines is 1. The van der Waals surface area contributed by atoms with Gasteiger partial charge >= 0.3 is 0 Å². The summed E-state index contributed by atoms with van der Waals surface area (Å²) in [4.78, 5) is 17.5. The smallest absolute Gasteiger partial charge is 0.224 e. The third-order valence-corrected chi connectivity index (χ3v) is 4.03. The van der Waals surface area contributed by atoms with Crippen molar-refractivity contribution >= 4 is 33.8 Å². The number of rotatable bonds is 4. The van der Waals surface area contributed by atoms with Gasteiger partial charge in [-0.2, -0.15) is 0 Å². The number of carbonyl (C=O) groups excluding carboxylic acids is 1. The Morgan fingerprint density at radius 1 is 1.15 bits per heavy atom. The SMILES string of the molecule is O=C(CCc1cccs1)Nc1cccc2ncccc12. The molecule has 2 aromatic heterocycles. The molecule has 0 saturated heterocycles. The summed E-state index contributed by atoms with van der Waals surface area (Å²) in [5.74, 6) is 0.0368. The van der Waals surface area contributed by atoms with Gasteiger partial charge in [0.15, 0.2) is 0 Å². The van der Waals surface area contributed by atoms with E-state index in [0.29, 0.717) is 6.42 Å². The fourth-order valence-electron chi connectivity index (χ4n) is 2.12. The van der Waals surface area contributed by atoms with Gasteiger partial charge in [0.1, 0.15) is 0 Å². The molecule has 3 nitrogen and oxygen atoms in total. The molecule has 0 fully saturated rings. The summed E-state index contributed by atoms with van der Waals surface area (Å²) >= 11 is 1.68. The maximum atomic E-state index is 12.0. The molecule has 1 N–H and O–H groups in total. The van der Waals surface area contributed by atoms with Crippen LogP contribution in [0.2, 0.25) is 0 Å². The third kappa shape index (κ3) is 2.86. The highest BCUT2D eigenvalue weighted by Gasteiger charge is 2.06. The van der Waals surface area contributed by atoms with E-state index in [0.717, 1.165) is 23.0 Å². The van der Waals surface area contributed by atoms with E-state index in [1.807, 2.05) is 41.8 Å². The first-order chi connectivity index (χ1) is 9.83. The van der Waals surface area contributed by atoms with Crippen LogP contribution in [0, 0.1) is 0 Å². The molecule has 2 heterocycles. The quantitative estimate of drug-likeness (QED) is 0.789. The Labute approximate surface area is 121 Å². The second kappa shape index (κ2) is 5.84. The zero-order valence-corrected chi connectivity index (χ0v) is 11.7. The lowest BCUT2D eigenvalue weighted by Crippen LogP contribution is -2.12. The lowest BCUT2D eigenvalue weighted by molar-refractivity contribution is -0.116. The van der Waals surface area contributed by atoms with Crippen molar-refractivity contribution in [3.8, 4) is 0 Å². The minimum Gasteiger partial charge on any atom is -0.325 e. The van der Waals surface area contributed by atoms with Crippen LogP contribution in [0.1, 0.15) is 11.3 Å². The van der Waals surface area contributed by atoms with Crippen molar-refractivity contribution in [2.24, 2.45) is 0 Å². The van der Waals surface area contributed by atoms with Gasteiger partial charge in [-0.25, -0.2) is 0 Å². The van der Waals surface area contributed by atoms with Gasteiger partial charge in [-0.3, -0.25) is 9.78 Å². The van der Waals surface area contributed by atoms with Crippen LogP contribution in [-0.2, 0) is 11.2 Å². The van der Waals surface area contributed by atoms with Crippen molar-refractivity contribution in [2.75, 3.05) is 5.32 Å². The second-order valence-corrected chi connectivity index (χ2v) is 5.54. The highest BCUT2D eigenvalue weighted by atomic mass is 32.1. The molecule has 4 heteroatoms. The molecule has 0 aliphatic carbocycles. The van der Waals surface area contributed by atoms with E-state index in [2.05, 4.69) is 16.4 Å². The summed E-state index contributed by atoms with van der Waals surface area (Å²) in [5.41, 5.74) is 1.72. The molecule has 20 heavy (non-hydrogen) atoms. The van der Waals surface area contributed by atoms with E-state index in [1.54, 1.807) is 17.5 Å². The molecule has 0 aliphatic heterocycles. The lowest BCUT2D eigenvalue weighted by Gasteiger charge is -2.07. The fourth-order valence-corrected chi connectivity index (χ4v) is 2.83. The first kappa shape index (κ1) is 12.8. The molecule has 3 aromatic rings. The van der Waals surface area contributed by atoms with E-state index in [1.165, 1.54) is 4.88 Å². The molecular formula is C16H14N2OS. The van der Waals surface area contributed by atoms with Crippen LogP contribution in [0.25, 0.3) is 10.9 Å². The largest absolute Gasteiger partial charge is 0.325 e. The van der Waals surface area contributed by atoms with Crippen LogP contribution in [0.4, 0.5) is 5.69 Å². The number of aryl methyl sites for hydroxylation is 1. The van der Waals surface area contributed by atoms with E-state index in [-0.39, 0.29) is 5.91 Å². The van der Waals surface area contributed by atoms with Crippen molar-refractivity contribution in [2.45, 2.75) is 12.8 Å². The second-order valence-electron chi connectivity index (χ2n) is 4.50. The Kier molecular flexibility index (Phi) is 3.74. The molecule has 0 saturated carbocycles. The van der Waals surface area contributed by atoms with Crippen molar-refractivity contribution in [1.29, 1.82) is 0 Å². The summed E-state index contributed by atoms with van der Waals surface area (Å²) in [6.07, 6.45) is 3.04. The van der Waals surface area contributed by atoms with Gasteiger partial charge in [-0.05, 0) is 42.1 Å². The Bertz CT molecular complexity index is 717. The number of thiophene rings is 1. The van der Waals surface area contributed by atoms with Crippen LogP contribution < -0.4 is 5.32 Å². The first-order valence-electron chi connectivity index (χ1n) is 6.49. The van der Waals surface area contributed by atoms with Gasteiger partial charge in [-0.15, -0.1) is 11.3 Å². The Morgan fingerprint density at radius 2 is 2.10 bits per heavy atom. The molecular weight excluding hydrogens is 268 g/mol. The maximum absolute atomic E-state index is 12.0. The number of nitrogens with zero attached hydrogens (tertiary/aromatic N) is 1. The molecule has 3 rings (SSSR count). The minimum absolute atomic E-state index is 0.0368. The first-order valence-corrected chi connectivity index (χ1v) is 7.37. The van der Waals surface area contributed by atoms with Gasteiger partial charge in [0.25, 0.3) is 0 Å². The van der Waals surface area contributed by atoms with E-state index in [9.17, 15) is 4.79 Å². The van der Waals surface area contributed by atoms with Crippen LogP contribution in [0.15, 0.2) is 54.0 Å². The molecule has 0 atom stereocenters. The normalized spacial score (nSPS) is 10.6. The number of hydrogen-bond acceptors (Lipinski definition) is 3. The van der Waals surface area contributed by atoms with Gasteiger partial charge in [0.05, 0.1) is 11.2 Å². The van der Waals surface area contributed by atoms with Gasteiger partial charge in [0.2, 0.25) is 5.91 Å². The average molecular weight is 282 g/mol. The maximum Gasteiger partial charge on any atom is 0.224 e. The minimum atomic E-state index is 0.0368. The number of nitrogens with one attached hydrogen (secondary N) is 1. The van der Waals surface area contributed by atoms with Gasteiger partial charge < -0.3 is 5.32 Å². The highest BCUT2D eigenvalue weighted by Crippen LogP contribution is 2.21. The highest BCUT2D eigenvalue weighted by molar-refractivity contribution is 7.09. The number of aromatic nitrogens is 1. The molecule has 0 unspecified atom stereocenters. The fraction of sp³-hybridized carbons (Fsp3) is 0.125. The molecule has 0 radical (unpaired) electrons. The summed E-state index contributed by atoms with van der Waals surface area (Å²) in [7, 11) is 0. The summed E-state index contributed by atoms with van der Waals surface area (Å²) in [6, 6.07) is 13.7. The van der Waals surface area contributed by atoms with Gasteiger partial charge in [0, 0.05) is 22.9 Å². The molecule has 0 spiro atoms. The number of pyridine rings is 1. The number of hydrogen-bond donors (Lipinski definition) is 1. The topological polar surface area (TPSA) is 42.0 Å². The predicted molar refractivity (Wildman–Crippen MR) is 83.0 cm³/mol. The zero-order valence-electron chi connectivity index (χ0n) is 10.9. The molecule has 1 amide bonds. The van der Waals surface area contributed by atoms with Crippen molar-refractivity contribution in [3.63, 3.8) is 0 Å². The Balaban J connectivity index is 1.71. The molecule has 0 bridgehead atoms.